The van der Waals surface area contributed by atoms with Gasteiger partial charge in [0.25, 0.3) is 5.91 Å². The van der Waals surface area contributed by atoms with E-state index >= 15 is 0 Å². The molecule has 0 aliphatic carbocycles. The van der Waals surface area contributed by atoms with Crippen molar-refractivity contribution >= 4 is 29.1 Å². The zero-order valence-electron chi connectivity index (χ0n) is 17.2. The molecule has 0 fully saturated rings. The molecule has 1 aromatic carbocycles. The van der Waals surface area contributed by atoms with Crippen LogP contribution in [-0.2, 0) is 19.1 Å². The summed E-state index contributed by atoms with van der Waals surface area (Å²) < 4.78 is 5.02. The lowest BCUT2D eigenvalue weighted by atomic mass is 9.88. The van der Waals surface area contributed by atoms with Gasteiger partial charge in [0.05, 0.1) is 29.1 Å². The van der Waals surface area contributed by atoms with Gasteiger partial charge in [-0.25, -0.2) is 0 Å². The van der Waals surface area contributed by atoms with Gasteiger partial charge in [0, 0.05) is 18.7 Å². The van der Waals surface area contributed by atoms with Gasteiger partial charge >= 0.3 is 5.97 Å². The first kappa shape index (κ1) is 21.3. The number of aromatic nitrogens is 1. The quantitative estimate of drug-likeness (QED) is 0.728. The van der Waals surface area contributed by atoms with E-state index in [4.69, 9.17) is 10.5 Å². The normalized spacial score (nSPS) is 16.4. The summed E-state index contributed by atoms with van der Waals surface area (Å²) in [5.74, 6) is -1.23. The number of hydrogen-bond donors (Lipinski definition) is 1. The molecule has 0 radical (unpaired) electrons. The highest BCUT2D eigenvalue weighted by Gasteiger charge is 2.36. The van der Waals surface area contributed by atoms with Crippen molar-refractivity contribution in [1.82, 2.24) is 4.98 Å². The highest BCUT2D eigenvalue weighted by atomic mass is 16.5. The lowest BCUT2D eigenvalue weighted by Gasteiger charge is -2.28. The first-order chi connectivity index (χ1) is 14.2. The number of nitrogens with two attached hydrogens (primary N) is 1. The van der Waals surface area contributed by atoms with E-state index in [0.717, 1.165) is 0 Å². The fraction of sp³-hybridized carbons (Fsp3) is 0.318. The number of amides is 1. The summed E-state index contributed by atoms with van der Waals surface area (Å²) in [7, 11) is 0. The van der Waals surface area contributed by atoms with Crippen LogP contribution in [0.5, 0.6) is 0 Å². The second-order valence-electron chi connectivity index (χ2n) is 7.67. The van der Waals surface area contributed by atoms with E-state index in [-0.39, 0.29) is 18.9 Å². The molecule has 1 amide bonds. The van der Waals surface area contributed by atoms with Crippen molar-refractivity contribution in [1.29, 1.82) is 0 Å². The van der Waals surface area contributed by atoms with E-state index in [1.807, 2.05) is 18.2 Å². The van der Waals surface area contributed by atoms with Gasteiger partial charge in [0.2, 0.25) is 0 Å². The van der Waals surface area contributed by atoms with E-state index in [9.17, 15) is 14.4 Å². The molecule has 0 spiro atoms. The van der Waals surface area contributed by atoms with Crippen LogP contribution >= 0.6 is 0 Å². The van der Waals surface area contributed by atoms with Crippen molar-refractivity contribution in [3.63, 3.8) is 0 Å². The Morgan fingerprint density at radius 1 is 1.17 bits per heavy atom. The largest absolute Gasteiger partial charge is 0.465 e. The third-order valence-corrected chi connectivity index (χ3v) is 4.84. The zero-order valence-corrected chi connectivity index (χ0v) is 17.2. The average Bonchev–Trinajstić information content (AvgIpc) is 2.83. The van der Waals surface area contributed by atoms with E-state index in [1.54, 1.807) is 44.3 Å². The minimum atomic E-state index is -1.18. The number of Topliss-reactive ketones (excluding diaryl/α,β-unsaturated/α-hetero) is 1. The van der Waals surface area contributed by atoms with Crippen LogP contribution in [0, 0.1) is 5.41 Å². The molecule has 2 aromatic rings. The van der Waals surface area contributed by atoms with E-state index in [0.29, 0.717) is 22.7 Å². The molecule has 156 valence electrons. The van der Waals surface area contributed by atoms with Gasteiger partial charge in [-0.05, 0) is 32.0 Å². The number of pyridine rings is 1. The third-order valence-electron chi connectivity index (χ3n) is 4.84. The van der Waals surface area contributed by atoms with Crippen LogP contribution in [0.1, 0.15) is 32.0 Å². The summed E-state index contributed by atoms with van der Waals surface area (Å²) in [4.78, 5) is 47.3. The van der Waals surface area contributed by atoms with Crippen LogP contribution in [0.3, 0.4) is 0 Å². The van der Waals surface area contributed by atoms with Gasteiger partial charge in [-0.15, -0.1) is 0 Å². The maximum atomic E-state index is 13.0. The molecule has 1 aliphatic rings. The van der Waals surface area contributed by atoms with Crippen molar-refractivity contribution in [2.24, 2.45) is 16.1 Å². The SMILES string of the molecule is CC(=O)OCC(C)(C)C(=O)CN1C(=O)C(N)N=C(c2ccccn2)c2ccccc21. The Hall–Kier alpha value is -3.39. The van der Waals surface area contributed by atoms with Gasteiger partial charge in [-0.2, -0.15) is 0 Å². The smallest absolute Gasteiger partial charge is 0.302 e. The number of nitrogens with zero attached hydrogens (tertiary/aromatic N) is 3. The molecule has 30 heavy (non-hydrogen) atoms. The third kappa shape index (κ3) is 4.44. The van der Waals surface area contributed by atoms with Crippen LogP contribution < -0.4 is 10.6 Å². The van der Waals surface area contributed by atoms with Crippen molar-refractivity contribution in [2.75, 3.05) is 18.1 Å². The number of ether oxygens (including phenoxy) is 1. The highest BCUT2D eigenvalue weighted by molar-refractivity contribution is 6.20. The van der Waals surface area contributed by atoms with E-state index in [2.05, 4.69) is 9.98 Å². The number of rotatable bonds is 6. The van der Waals surface area contributed by atoms with Gasteiger partial charge in [-0.1, -0.05) is 24.3 Å². The minimum Gasteiger partial charge on any atom is -0.465 e. The Morgan fingerprint density at radius 3 is 2.53 bits per heavy atom. The predicted molar refractivity (Wildman–Crippen MR) is 112 cm³/mol. The van der Waals surface area contributed by atoms with Crippen LogP contribution in [0.4, 0.5) is 5.69 Å². The number of anilines is 1. The first-order valence-electron chi connectivity index (χ1n) is 9.53. The molecule has 8 nitrogen and oxygen atoms in total. The summed E-state index contributed by atoms with van der Waals surface area (Å²) >= 11 is 0. The number of carbonyl (C=O) groups excluding carboxylic acids is 3. The maximum Gasteiger partial charge on any atom is 0.302 e. The highest BCUT2D eigenvalue weighted by Crippen LogP contribution is 2.28. The van der Waals surface area contributed by atoms with Crippen molar-refractivity contribution < 1.29 is 19.1 Å². The minimum absolute atomic E-state index is 0.0768. The standard InChI is InChI=1S/C22H24N4O4/c1-14(27)30-13-22(2,3)18(28)12-26-17-10-5-4-8-15(17)19(25-20(23)21(26)29)16-9-6-7-11-24-16/h4-11,20H,12-13,23H2,1-3H3. The van der Waals surface area contributed by atoms with Crippen LogP contribution in [0.15, 0.2) is 53.7 Å². The zero-order chi connectivity index (χ0) is 21.9. The van der Waals surface area contributed by atoms with Crippen LogP contribution in [0.2, 0.25) is 0 Å². The van der Waals surface area contributed by atoms with Gasteiger partial charge < -0.3 is 15.4 Å². The number of benzene rings is 1. The number of aliphatic imine (C=N–C) groups is 1. The molecule has 0 saturated carbocycles. The fourth-order valence-electron chi connectivity index (χ4n) is 3.04. The van der Waals surface area contributed by atoms with Crippen molar-refractivity contribution in [2.45, 2.75) is 26.9 Å². The van der Waals surface area contributed by atoms with Gasteiger partial charge in [-0.3, -0.25) is 24.4 Å². The lowest BCUT2D eigenvalue weighted by molar-refractivity contribution is -0.146. The second-order valence-corrected chi connectivity index (χ2v) is 7.67. The number of para-hydroxylation sites is 1. The number of carbonyl (C=O) groups is 3. The Kier molecular flexibility index (Phi) is 6.07. The number of benzodiazepines with no additional fused rings is 1. The molecule has 2 N–H and O–H groups in total. The molecule has 8 heteroatoms. The van der Waals surface area contributed by atoms with Crippen LogP contribution in [-0.4, -0.2) is 47.7 Å². The number of fused-ring (bicyclic) bond motifs is 1. The van der Waals surface area contributed by atoms with Gasteiger partial charge in [0.1, 0.15) is 6.61 Å². The monoisotopic (exact) mass is 408 g/mol. The lowest BCUT2D eigenvalue weighted by Crippen LogP contribution is -2.47. The Bertz CT molecular complexity index is 1000. The van der Waals surface area contributed by atoms with E-state index in [1.165, 1.54) is 11.8 Å². The molecular formula is C22H24N4O4. The number of ketones is 1. The van der Waals surface area contributed by atoms with Crippen LogP contribution in [0.25, 0.3) is 0 Å². The Balaban J connectivity index is 1.99. The van der Waals surface area contributed by atoms with Crippen molar-refractivity contribution in [3.05, 3.63) is 59.9 Å². The summed E-state index contributed by atoms with van der Waals surface area (Å²) in [6.45, 7) is 4.32. The van der Waals surface area contributed by atoms with Crippen molar-refractivity contribution in [3.8, 4) is 0 Å². The molecule has 1 aromatic heterocycles. The fourth-order valence-corrected chi connectivity index (χ4v) is 3.04. The molecule has 2 heterocycles. The Morgan fingerprint density at radius 2 is 1.87 bits per heavy atom. The number of esters is 1. The average molecular weight is 408 g/mol. The maximum absolute atomic E-state index is 13.0. The molecule has 3 rings (SSSR count). The van der Waals surface area contributed by atoms with Gasteiger partial charge in [0.15, 0.2) is 11.9 Å². The molecule has 1 unspecified atom stereocenters. The molecule has 0 saturated heterocycles. The van der Waals surface area contributed by atoms with E-state index < -0.39 is 23.5 Å². The Labute approximate surface area is 174 Å². The number of hydrogen-bond acceptors (Lipinski definition) is 7. The second kappa shape index (κ2) is 8.54. The topological polar surface area (TPSA) is 115 Å². The molecule has 1 aliphatic heterocycles. The first-order valence-corrected chi connectivity index (χ1v) is 9.53. The summed E-state index contributed by atoms with van der Waals surface area (Å²) in [6.07, 6.45) is 0.455. The molecule has 0 bridgehead atoms. The summed E-state index contributed by atoms with van der Waals surface area (Å²) in [5.41, 5.74) is 7.35. The predicted octanol–water partition coefficient (Wildman–Crippen LogP) is 1.71. The summed E-state index contributed by atoms with van der Waals surface area (Å²) in [6, 6.07) is 12.6. The molecule has 1 atom stereocenters. The molecular weight excluding hydrogens is 384 g/mol. The summed E-state index contributed by atoms with van der Waals surface area (Å²) in [5, 5.41) is 0.